The zero-order chi connectivity index (χ0) is 23.8. The molecule has 0 radical (unpaired) electrons. The third-order valence-corrected chi connectivity index (χ3v) is 6.65. The second kappa shape index (κ2) is 12.0. The molecule has 2 aromatic rings. The molecule has 1 aromatic heterocycles. The van der Waals surface area contributed by atoms with Crippen molar-refractivity contribution in [3.63, 3.8) is 0 Å². The summed E-state index contributed by atoms with van der Waals surface area (Å²) in [7, 11) is 0. The first kappa shape index (κ1) is 25.0. The number of anilines is 3. The summed E-state index contributed by atoms with van der Waals surface area (Å²) in [6.45, 7) is 9.66. The van der Waals surface area contributed by atoms with Crippen molar-refractivity contribution in [1.82, 2.24) is 9.97 Å². The van der Waals surface area contributed by atoms with Crippen LogP contribution in [0, 0.1) is 5.92 Å². The van der Waals surface area contributed by atoms with Crippen LogP contribution in [0.4, 0.5) is 17.3 Å². The number of aliphatic carboxylic acids is 1. The lowest BCUT2D eigenvalue weighted by molar-refractivity contribution is -0.137. The van der Waals surface area contributed by atoms with E-state index in [1.165, 1.54) is 32.1 Å². The molecular formula is C27H40N4O2. The van der Waals surface area contributed by atoms with E-state index in [-0.39, 0.29) is 12.3 Å². The highest BCUT2D eigenvalue weighted by Crippen LogP contribution is 2.37. The Balaban J connectivity index is 2.02. The van der Waals surface area contributed by atoms with E-state index in [0.29, 0.717) is 17.9 Å². The first-order valence-electron chi connectivity index (χ1n) is 12.6. The Labute approximate surface area is 198 Å². The summed E-state index contributed by atoms with van der Waals surface area (Å²) in [5.41, 5.74) is 4.27. The Morgan fingerprint density at radius 2 is 1.85 bits per heavy atom. The van der Waals surface area contributed by atoms with Crippen molar-refractivity contribution in [2.45, 2.75) is 91.0 Å². The van der Waals surface area contributed by atoms with Gasteiger partial charge in [0.15, 0.2) is 0 Å². The van der Waals surface area contributed by atoms with Crippen molar-refractivity contribution in [2.75, 3.05) is 16.8 Å². The Hall–Kier alpha value is -2.63. The second-order valence-electron chi connectivity index (χ2n) is 9.71. The minimum absolute atomic E-state index is 0.0197. The number of nitrogens with one attached hydrogen (secondary N) is 1. The predicted octanol–water partition coefficient (Wildman–Crippen LogP) is 6.55. The van der Waals surface area contributed by atoms with E-state index in [4.69, 9.17) is 0 Å². The van der Waals surface area contributed by atoms with Crippen molar-refractivity contribution in [2.24, 2.45) is 5.92 Å². The van der Waals surface area contributed by atoms with Crippen LogP contribution < -0.4 is 10.2 Å². The normalized spacial score (nSPS) is 15.4. The number of hydrogen-bond acceptors (Lipinski definition) is 5. The van der Waals surface area contributed by atoms with Gasteiger partial charge in [0.2, 0.25) is 5.95 Å². The van der Waals surface area contributed by atoms with Crippen molar-refractivity contribution in [3.8, 4) is 0 Å². The molecule has 1 aliphatic rings. The van der Waals surface area contributed by atoms with E-state index in [1.54, 1.807) is 0 Å². The minimum Gasteiger partial charge on any atom is -0.481 e. The molecule has 0 amide bonds. The van der Waals surface area contributed by atoms with Crippen molar-refractivity contribution >= 4 is 23.3 Å². The van der Waals surface area contributed by atoms with E-state index in [2.05, 4.69) is 59.2 Å². The number of carbonyl (C=O) groups is 1. The largest absolute Gasteiger partial charge is 0.481 e. The van der Waals surface area contributed by atoms with Crippen LogP contribution in [0.5, 0.6) is 0 Å². The Morgan fingerprint density at radius 3 is 2.42 bits per heavy atom. The van der Waals surface area contributed by atoms with E-state index in [1.807, 2.05) is 19.3 Å². The van der Waals surface area contributed by atoms with Crippen LogP contribution in [0.2, 0.25) is 0 Å². The molecule has 6 heteroatoms. The van der Waals surface area contributed by atoms with Crippen LogP contribution in [0.3, 0.4) is 0 Å². The highest BCUT2D eigenvalue weighted by atomic mass is 16.4. The van der Waals surface area contributed by atoms with Gasteiger partial charge in [-0.2, -0.15) is 0 Å². The third-order valence-electron chi connectivity index (χ3n) is 6.65. The highest BCUT2D eigenvalue weighted by Gasteiger charge is 2.25. The summed E-state index contributed by atoms with van der Waals surface area (Å²) < 4.78 is 0. The second-order valence-corrected chi connectivity index (χ2v) is 9.71. The smallest absolute Gasteiger partial charge is 0.303 e. The van der Waals surface area contributed by atoms with E-state index >= 15 is 0 Å². The van der Waals surface area contributed by atoms with Gasteiger partial charge in [0.1, 0.15) is 0 Å². The number of hydrogen-bond donors (Lipinski definition) is 2. The minimum atomic E-state index is -0.762. The van der Waals surface area contributed by atoms with Gasteiger partial charge in [-0.25, -0.2) is 9.97 Å². The lowest BCUT2D eigenvalue weighted by Crippen LogP contribution is -2.39. The maximum atomic E-state index is 11.4. The zero-order valence-electron chi connectivity index (χ0n) is 20.7. The van der Waals surface area contributed by atoms with Crippen molar-refractivity contribution in [1.29, 1.82) is 0 Å². The van der Waals surface area contributed by atoms with Gasteiger partial charge in [0, 0.05) is 25.0 Å². The average molecular weight is 453 g/mol. The lowest BCUT2D eigenvalue weighted by Gasteiger charge is -2.38. The summed E-state index contributed by atoms with van der Waals surface area (Å²) in [5.74, 6) is 0.330. The third kappa shape index (κ3) is 6.92. The molecule has 6 nitrogen and oxygen atoms in total. The fourth-order valence-electron chi connectivity index (χ4n) is 4.82. The van der Waals surface area contributed by atoms with E-state index in [0.717, 1.165) is 41.9 Å². The summed E-state index contributed by atoms with van der Waals surface area (Å²) in [4.78, 5) is 23.1. The average Bonchev–Trinajstić information content (AvgIpc) is 2.82. The van der Waals surface area contributed by atoms with Crippen LogP contribution in [0.1, 0.15) is 89.7 Å². The predicted molar refractivity (Wildman–Crippen MR) is 135 cm³/mol. The SMILES string of the molecule is CCc1cnc(Nc2cc(C(CC)CC(=O)O)ccc2N(CC(C)C)C2CCCCC2)nc1. The van der Waals surface area contributed by atoms with Gasteiger partial charge >= 0.3 is 5.97 Å². The zero-order valence-corrected chi connectivity index (χ0v) is 20.7. The Kier molecular flexibility index (Phi) is 9.10. The molecule has 180 valence electrons. The summed E-state index contributed by atoms with van der Waals surface area (Å²) in [6, 6.07) is 6.95. The molecule has 1 aromatic carbocycles. The van der Waals surface area contributed by atoms with Crippen molar-refractivity contribution < 1.29 is 9.90 Å². The van der Waals surface area contributed by atoms with Gasteiger partial charge in [-0.3, -0.25) is 4.79 Å². The molecule has 3 rings (SSSR count). The first-order chi connectivity index (χ1) is 15.9. The van der Waals surface area contributed by atoms with Gasteiger partial charge in [-0.1, -0.05) is 53.0 Å². The van der Waals surface area contributed by atoms with Crippen LogP contribution in [-0.2, 0) is 11.2 Å². The maximum absolute atomic E-state index is 11.4. The van der Waals surface area contributed by atoms with Gasteiger partial charge in [-0.05, 0) is 60.8 Å². The number of aromatic nitrogens is 2. The molecule has 1 atom stereocenters. The summed E-state index contributed by atoms with van der Waals surface area (Å²) in [6.07, 6.45) is 11.9. The molecule has 33 heavy (non-hydrogen) atoms. The Morgan fingerprint density at radius 1 is 1.15 bits per heavy atom. The molecule has 1 fully saturated rings. The van der Waals surface area contributed by atoms with Gasteiger partial charge < -0.3 is 15.3 Å². The molecular weight excluding hydrogens is 412 g/mol. The van der Waals surface area contributed by atoms with Gasteiger partial charge in [0.25, 0.3) is 0 Å². The maximum Gasteiger partial charge on any atom is 0.303 e. The van der Waals surface area contributed by atoms with Gasteiger partial charge in [-0.15, -0.1) is 0 Å². The number of aryl methyl sites for hydroxylation is 1. The molecule has 0 saturated heterocycles. The van der Waals surface area contributed by atoms with Crippen molar-refractivity contribution in [3.05, 3.63) is 41.7 Å². The fraction of sp³-hybridized carbons (Fsp3) is 0.593. The van der Waals surface area contributed by atoms with E-state index in [9.17, 15) is 9.90 Å². The first-order valence-corrected chi connectivity index (χ1v) is 12.6. The quantitative estimate of drug-likeness (QED) is 0.403. The summed E-state index contributed by atoms with van der Waals surface area (Å²) in [5, 5.41) is 12.9. The van der Waals surface area contributed by atoms with Crippen LogP contribution >= 0.6 is 0 Å². The molecule has 1 heterocycles. The monoisotopic (exact) mass is 452 g/mol. The Bertz CT molecular complexity index is 891. The van der Waals surface area contributed by atoms with Crippen LogP contribution in [0.25, 0.3) is 0 Å². The topological polar surface area (TPSA) is 78.3 Å². The molecule has 1 aliphatic carbocycles. The molecule has 0 bridgehead atoms. The molecule has 0 aliphatic heterocycles. The highest BCUT2D eigenvalue weighted by molar-refractivity contribution is 5.75. The molecule has 0 spiro atoms. The number of nitrogens with zero attached hydrogens (tertiary/aromatic N) is 3. The number of rotatable bonds is 11. The number of benzene rings is 1. The van der Waals surface area contributed by atoms with E-state index < -0.39 is 5.97 Å². The standard InChI is InChI=1S/C27H40N4O2/c1-5-20-16-28-27(29-17-20)30-24-14-22(21(6-2)15-26(32)33)12-13-25(24)31(18-19(3)4)23-10-8-7-9-11-23/h12-14,16-17,19,21,23H,5-11,15,18H2,1-4H3,(H,32,33)(H,28,29,30). The number of carboxylic acid groups (broad SMARTS) is 1. The molecule has 2 N–H and O–H groups in total. The number of carboxylic acids is 1. The fourth-order valence-corrected chi connectivity index (χ4v) is 4.82. The molecule has 1 unspecified atom stereocenters. The van der Waals surface area contributed by atoms with Crippen LogP contribution in [-0.4, -0.2) is 33.6 Å². The van der Waals surface area contributed by atoms with Crippen LogP contribution in [0.15, 0.2) is 30.6 Å². The molecule has 1 saturated carbocycles. The summed E-state index contributed by atoms with van der Waals surface area (Å²) >= 11 is 0. The lowest BCUT2D eigenvalue weighted by atomic mass is 9.90. The van der Waals surface area contributed by atoms with Gasteiger partial charge in [0.05, 0.1) is 17.8 Å².